The highest BCUT2D eigenvalue weighted by Crippen LogP contribution is 2.35. The summed E-state index contributed by atoms with van der Waals surface area (Å²) < 4.78 is 5.76. The molecule has 280 valence electrons. The number of benzene rings is 3. The lowest BCUT2D eigenvalue weighted by Crippen LogP contribution is -2.40. The van der Waals surface area contributed by atoms with Crippen molar-refractivity contribution in [1.29, 1.82) is 5.26 Å². The number of nitriles is 1. The predicted octanol–water partition coefficient (Wildman–Crippen LogP) is 9.32. The van der Waals surface area contributed by atoms with Gasteiger partial charge in [-0.15, -0.1) is 0 Å². The number of halogens is 1. The maximum Gasteiger partial charge on any atom is 0.337 e. The number of amides is 4. The van der Waals surface area contributed by atoms with Gasteiger partial charge >= 0.3 is 12.1 Å². The monoisotopic (exact) mass is 748 g/mol. The van der Waals surface area contributed by atoms with E-state index in [1.165, 1.54) is 11.8 Å². The second-order valence-electron chi connectivity index (χ2n) is 12.7. The Bertz CT molecular complexity index is 2060. The molecule has 0 aliphatic rings. The zero-order chi connectivity index (χ0) is 39.6. The normalized spacial score (nSPS) is 10.0. The molecule has 0 spiro atoms. The molecule has 0 aliphatic carbocycles. The molecule has 13 nitrogen and oxygen atoms in total. The lowest BCUT2D eigenvalue weighted by atomic mass is 10.00. The molecule has 0 saturated heterocycles. The summed E-state index contributed by atoms with van der Waals surface area (Å²) in [6, 6.07) is 17.7. The molecule has 4 rings (SSSR count). The van der Waals surface area contributed by atoms with E-state index in [0.717, 1.165) is 40.8 Å². The number of nitrogens with zero attached hydrogens (tertiary/aromatic N) is 4. The van der Waals surface area contributed by atoms with E-state index in [0.29, 0.717) is 59.0 Å². The minimum atomic E-state index is -0.467. The van der Waals surface area contributed by atoms with Crippen molar-refractivity contribution in [3.05, 3.63) is 122 Å². The van der Waals surface area contributed by atoms with Crippen LogP contribution in [0.3, 0.4) is 0 Å². The summed E-state index contributed by atoms with van der Waals surface area (Å²) in [7, 11) is 0. The highest BCUT2D eigenvalue weighted by molar-refractivity contribution is 6.33. The largest absolute Gasteiger partial charge is 0.493 e. The van der Waals surface area contributed by atoms with Crippen LogP contribution in [0.25, 0.3) is 9.69 Å². The van der Waals surface area contributed by atoms with Gasteiger partial charge in [0, 0.05) is 18.4 Å². The third-order valence-corrected chi connectivity index (χ3v) is 8.09. The first-order valence-corrected chi connectivity index (χ1v) is 17.6. The average molecular weight is 749 g/mol. The summed E-state index contributed by atoms with van der Waals surface area (Å²) in [6.45, 7) is 27.5. The van der Waals surface area contributed by atoms with E-state index < -0.39 is 6.03 Å². The number of carbonyl (C=O) groups excluding carboxylic acids is 2. The number of hydrogen-bond donors (Lipinski definition) is 6. The summed E-state index contributed by atoms with van der Waals surface area (Å²) in [4.78, 5) is 35.0. The van der Waals surface area contributed by atoms with E-state index in [1.807, 2.05) is 51.1 Å². The van der Waals surface area contributed by atoms with Crippen molar-refractivity contribution in [3.63, 3.8) is 0 Å². The van der Waals surface area contributed by atoms with Gasteiger partial charge in [0.15, 0.2) is 11.4 Å². The van der Waals surface area contributed by atoms with Crippen LogP contribution in [-0.2, 0) is 12.8 Å². The number of hydrogen-bond acceptors (Lipinski definition) is 7. The summed E-state index contributed by atoms with van der Waals surface area (Å²) in [5, 5.41) is 14.7. The molecule has 3 aromatic carbocycles. The fourth-order valence-electron chi connectivity index (χ4n) is 5.03. The van der Waals surface area contributed by atoms with Crippen LogP contribution in [0.4, 0.5) is 38.2 Å². The topological polar surface area (TPSA) is 161 Å². The minimum Gasteiger partial charge on any atom is -0.493 e. The van der Waals surface area contributed by atoms with Crippen LogP contribution >= 0.6 is 11.6 Å². The van der Waals surface area contributed by atoms with Crippen LogP contribution in [0, 0.1) is 51.2 Å². The Labute approximate surface area is 322 Å². The maximum atomic E-state index is 12.1. The molecule has 14 heteroatoms. The highest BCUT2D eigenvalue weighted by atomic mass is 35.5. The predicted molar refractivity (Wildman–Crippen MR) is 214 cm³/mol. The van der Waals surface area contributed by atoms with Gasteiger partial charge in [-0.25, -0.2) is 14.6 Å². The second-order valence-corrected chi connectivity index (χ2v) is 13.1. The zero-order valence-electron chi connectivity index (χ0n) is 31.3. The Kier molecular flexibility index (Phi) is 16.4. The number of pyridine rings is 1. The van der Waals surface area contributed by atoms with Crippen molar-refractivity contribution in [2.75, 3.05) is 29.3 Å². The van der Waals surface area contributed by atoms with Gasteiger partial charge in [-0.05, 0) is 98.5 Å². The standard InChI is InChI=1S/C24H29N5O2.C16H16ClN5O/c1-16(2)12-19-14-21(25-5)22(26-6)15-20(19)28-29-24(30)27-10-7-11-31-23-9-8-17(3)13-18(23)4;1-3-11-4-5-13(17)14(7-11)20-16(23)22-21-15-10(2)6-12(8-18)9-19-15/h8-9,13-16,28H,7,10-12H2,1-4H3,(H2,27,29,30);4-7,9H,3H2,1-2H3,(H,19,21)(H2,20,22,23). The van der Waals surface area contributed by atoms with Crippen molar-refractivity contribution < 1.29 is 14.3 Å². The summed E-state index contributed by atoms with van der Waals surface area (Å²) in [5.41, 5.74) is 17.9. The first-order chi connectivity index (χ1) is 25.9. The minimum absolute atomic E-state index is 0.260. The van der Waals surface area contributed by atoms with E-state index in [9.17, 15) is 9.59 Å². The molecule has 0 bridgehead atoms. The molecule has 0 unspecified atom stereocenters. The van der Waals surface area contributed by atoms with Gasteiger partial charge in [-0.1, -0.05) is 62.2 Å². The van der Waals surface area contributed by atoms with Crippen LogP contribution in [0.5, 0.6) is 5.75 Å². The molecule has 6 N–H and O–H groups in total. The van der Waals surface area contributed by atoms with Crippen LogP contribution in [-0.4, -0.2) is 30.2 Å². The van der Waals surface area contributed by atoms with Crippen LogP contribution in [0.2, 0.25) is 5.02 Å². The average Bonchev–Trinajstić information content (AvgIpc) is 3.15. The van der Waals surface area contributed by atoms with Crippen molar-refractivity contribution in [2.45, 2.75) is 60.8 Å². The molecule has 0 aliphatic heterocycles. The maximum absolute atomic E-state index is 12.1. The fraction of sp³-hybridized carbons (Fsp3) is 0.300. The SMILES string of the molecule is CCc1ccc(Cl)c(NC(=O)NNc2ncc(C#N)cc2C)c1.[C-]#[N+]c1cc(CC(C)C)c(NNC(=O)NCCCOc2ccc(C)cc2C)cc1[N+]#[C-]. The number of hydrazine groups is 2. The lowest BCUT2D eigenvalue weighted by Gasteiger charge is -2.16. The third kappa shape index (κ3) is 13.2. The van der Waals surface area contributed by atoms with Gasteiger partial charge in [0.1, 0.15) is 17.6 Å². The van der Waals surface area contributed by atoms with E-state index in [2.05, 4.69) is 66.9 Å². The van der Waals surface area contributed by atoms with Crippen LogP contribution < -0.4 is 37.1 Å². The number of anilines is 3. The summed E-state index contributed by atoms with van der Waals surface area (Å²) >= 11 is 6.07. The van der Waals surface area contributed by atoms with E-state index in [4.69, 9.17) is 34.7 Å². The Balaban J connectivity index is 0.000000303. The number of carbonyl (C=O) groups is 2. The van der Waals surface area contributed by atoms with Crippen LogP contribution in [0.15, 0.2) is 60.8 Å². The molecule has 54 heavy (non-hydrogen) atoms. The number of aryl methyl sites for hydroxylation is 4. The number of ether oxygens (including phenoxy) is 1. The molecular formula is C40H45ClN10O3. The number of urea groups is 2. The summed E-state index contributed by atoms with van der Waals surface area (Å²) in [6.07, 6.45) is 3.67. The van der Waals surface area contributed by atoms with Gasteiger partial charge in [0.2, 0.25) is 0 Å². The molecular weight excluding hydrogens is 704 g/mol. The molecule has 1 heterocycles. The molecule has 0 atom stereocenters. The van der Waals surface area contributed by atoms with Gasteiger partial charge in [-0.3, -0.25) is 31.4 Å². The third-order valence-electron chi connectivity index (χ3n) is 7.76. The van der Waals surface area contributed by atoms with Gasteiger partial charge < -0.3 is 15.4 Å². The van der Waals surface area contributed by atoms with Crippen molar-refractivity contribution in [1.82, 2.24) is 21.2 Å². The van der Waals surface area contributed by atoms with Crippen molar-refractivity contribution >= 4 is 52.2 Å². The summed E-state index contributed by atoms with van der Waals surface area (Å²) in [5.74, 6) is 1.68. The quantitative estimate of drug-likeness (QED) is 0.0451. The number of rotatable bonds is 13. The smallest absolute Gasteiger partial charge is 0.337 e. The fourth-order valence-corrected chi connectivity index (χ4v) is 5.20. The molecule has 0 radical (unpaired) electrons. The first-order valence-electron chi connectivity index (χ1n) is 17.3. The van der Waals surface area contributed by atoms with Crippen LogP contribution in [0.1, 0.15) is 60.6 Å². The molecule has 4 aromatic rings. The lowest BCUT2D eigenvalue weighted by molar-refractivity contribution is 0.241. The molecule has 0 fully saturated rings. The Morgan fingerprint density at radius 1 is 0.926 bits per heavy atom. The van der Waals surface area contributed by atoms with Crippen molar-refractivity contribution in [2.24, 2.45) is 5.92 Å². The molecule has 0 saturated carbocycles. The zero-order valence-corrected chi connectivity index (χ0v) is 32.0. The van der Waals surface area contributed by atoms with E-state index in [-0.39, 0.29) is 11.7 Å². The Morgan fingerprint density at radius 3 is 2.30 bits per heavy atom. The Hall–Kier alpha value is -6.49. The van der Waals surface area contributed by atoms with Gasteiger partial charge in [0.05, 0.1) is 36.0 Å². The van der Waals surface area contributed by atoms with Gasteiger partial charge in [-0.2, -0.15) is 5.26 Å². The highest BCUT2D eigenvalue weighted by Gasteiger charge is 2.13. The van der Waals surface area contributed by atoms with E-state index >= 15 is 0 Å². The Morgan fingerprint density at radius 2 is 1.65 bits per heavy atom. The molecule has 4 amide bonds. The van der Waals surface area contributed by atoms with Gasteiger partial charge in [0.25, 0.3) is 0 Å². The first kappa shape index (κ1) is 41.9. The van der Waals surface area contributed by atoms with E-state index in [1.54, 1.807) is 31.2 Å². The molecule has 1 aromatic heterocycles. The number of aromatic nitrogens is 1. The second kappa shape index (κ2) is 21.1. The van der Waals surface area contributed by atoms with Crippen molar-refractivity contribution in [3.8, 4) is 11.8 Å². The number of nitrogens with one attached hydrogen (secondary N) is 6.